The molecule has 1 saturated carbocycles. The zero-order chi connectivity index (χ0) is 19.5. The van der Waals surface area contributed by atoms with E-state index in [1.54, 1.807) is 13.2 Å². The normalized spacial score (nSPS) is 14.0. The van der Waals surface area contributed by atoms with E-state index in [1.807, 2.05) is 18.3 Å². The number of aromatic nitrogens is 3. The van der Waals surface area contributed by atoms with Crippen LogP contribution in [0.1, 0.15) is 35.6 Å². The lowest BCUT2D eigenvalue weighted by Crippen LogP contribution is -2.10. The molecule has 28 heavy (non-hydrogen) atoms. The third kappa shape index (κ3) is 3.67. The summed E-state index contributed by atoms with van der Waals surface area (Å²) in [5, 5.41) is 20.2. The molecule has 1 aliphatic carbocycles. The molecule has 140 valence electrons. The van der Waals surface area contributed by atoms with E-state index in [0.717, 1.165) is 27.9 Å². The first-order chi connectivity index (χ1) is 13.7. The van der Waals surface area contributed by atoms with Gasteiger partial charge in [-0.15, -0.1) is 0 Å². The Morgan fingerprint density at radius 2 is 2.04 bits per heavy atom. The number of nitrogens with zero attached hydrogens (tertiary/aromatic N) is 4. The molecule has 0 unspecified atom stereocenters. The molecule has 2 heterocycles. The highest BCUT2D eigenvalue weighted by Gasteiger charge is 2.24. The minimum absolute atomic E-state index is 0.487. The van der Waals surface area contributed by atoms with E-state index >= 15 is 0 Å². The van der Waals surface area contributed by atoms with E-state index in [9.17, 15) is 0 Å². The van der Waals surface area contributed by atoms with E-state index in [-0.39, 0.29) is 0 Å². The van der Waals surface area contributed by atoms with Gasteiger partial charge in [0.2, 0.25) is 0 Å². The molecule has 0 saturated heterocycles. The van der Waals surface area contributed by atoms with Crippen LogP contribution in [-0.4, -0.2) is 34.2 Å². The third-order valence-corrected chi connectivity index (χ3v) is 4.96. The van der Waals surface area contributed by atoms with Crippen LogP contribution >= 0.6 is 0 Å². The molecule has 0 aliphatic heterocycles. The molecular weight excluding hydrogens is 348 g/mol. The summed E-state index contributed by atoms with van der Waals surface area (Å²) in [7, 11) is 1.71. The average Bonchev–Trinajstić information content (AvgIpc) is 3.58. The van der Waals surface area contributed by atoms with Crippen molar-refractivity contribution in [3.8, 4) is 22.4 Å². The predicted octanol–water partition coefficient (Wildman–Crippen LogP) is 3.96. The minimum Gasteiger partial charge on any atom is -0.312 e. The fourth-order valence-corrected chi connectivity index (χ4v) is 3.28. The number of pyridine rings is 1. The second-order valence-corrected chi connectivity index (χ2v) is 6.97. The van der Waals surface area contributed by atoms with E-state index in [0.29, 0.717) is 17.3 Å². The number of hydrogen-bond donors (Lipinski definition) is 2. The Bertz CT molecular complexity index is 1050. The summed E-state index contributed by atoms with van der Waals surface area (Å²) in [5.41, 5.74) is 10.4. The zero-order valence-corrected chi connectivity index (χ0v) is 16.0. The number of nitrogens with one attached hydrogen (secondary N) is 2. The summed E-state index contributed by atoms with van der Waals surface area (Å²) < 4.78 is 0. The maximum Gasteiger partial charge on any atom is 0.126 e. The highest BCUT2D eigenvalue weighted by molar-refractivity contribution is 6.36. The molecule has 1 aromatic carbocycles. The fraction of sp³-hybridized carbons (Fsp3) is 0.227. The number of rotatable bonds is 6. The second kappa shape index (κ2) is 7.68. The van der Waals surface area contributed by atoms with E-state index in [2.05, 4.69) is 56.9 Å². The minimum atomic E-state index is 0.487. The van der Waals surface area contributed by atoms with Crippen LogP contribution in [0.25, 0.3) is 22.4 Å². The van der Waals surface area contributed by atoms with Crippen molar-refractivity contribution >= 4 is 11.9 Å². The lowest BCUT2D eigenvalue weighted by molar-refractivity contribution is 0.903. The molecular formula is C22H22N6. The number of hydrazone groups is 1. The Balaban J connectivity index is 1.75. The maximum atomic E-state index is 7.57. The topological polar surface area (TPSA) is 86.9 Å². The zero-order valence-electron chi connectivity index (χ0n) is 16.0. The largest absolute Gasteiger partial charge is 0.312 e. The van der Waals surface area contributed by atoms with E-state index in [4.69, 9.17) is 5.41 Å². The van der Waals surface area contributed by atoms with Crippen LogP contribution in [0.2, 0.25) is 0 Å². The van der Waals surface area contributed by atoms with Crippen LogP contribution in [0.4, 0.5) is 0 Å². The first-order valence-electron chi connectivity index (χ1n) is 9.35. The smallest absolute Gasteiger partial charge is 0.126 e. The quantitative estimate of drug-likeness (QED) is 0.508. The van der Waals surface area contributed by atoms with E-state index < -0.39 is 0 Å². The molecule has 2 aromatic heterocycles. The van der Waals surface area contributed by atoms with Gasteiger partial charge in [-0.1, -0.05) is 12.1 Å². The first-order valence-corrected chi connectivity index (χ1v) is 9.35. The summed E-state index contributed by atoms with van der Waals surface area (Å²) in [6, 6.07) is 12.4. The van der Waals surface area contributed by atoms with Gasteiger partial charge in [-0.05, 0) is 72.2 Å². The van der Waals surface area contributed by atoms with Crippen molar-refractivity contribution in [2.24, 2.45) is 5.10 Å². The van der Waals surface area contributed by atoms with Crippen LogP contribution in [0.3, 0.4) is 0 Å². The Kier molecular flexibility index (Phi) is 4.93. The van der Waals surface area contributed by atoms with Crippen molar-refractivity contribution < 1.29 is 0 Å². The van der Waals surface area contributed by atoms with Gasteiger partial charge in [-0.2, -0.15) is 15.3 Å². The molecule has 6 nitrogen and oxygen atoms in total. The Hall–Kier alpha value is -3.41. The predicted molar refractivity (Wildman–Crippen MR) is 112 cm³/mol. The highest BCUT2D eigenvalue weighted by atomic mass is 15.3. The molecule has 3 aromatic rings. The van der Waals surface area contributed by atoms with E-state index in [1.165, 1.54) is 24.6 Å². The van der Waals surface area contributed by atoms with Gasteiger partial charge < -0.3 is 10.8 Å². The van der Waals surface area contributed by atoms with Crippen LogP contribution in [0, 0.1) is 12.3 Å². The summed E-state index contributed by atoms with van der Waals surface area (Å²) in [6.07, 6.45) is 7.32. The van der Waals surface area contributed by atoms with Crippen molar-refractivity contribution in [3.05, 3.63) is 65.6 Å². The number of aryl methyl sites for hydroxylation is 1. The fourth-order valence-electron chi connectivity index (χ4n) is 3.28. The Morgan fingerprint density at radius 1 is 1.18 bits per heavy atom. The molecule has 0 radical (unpaired) electrons. The third-order valence-electron chi connectivity index (χ3n) is 4.96. The van der Waals surface area contributed by atoms with Crippen molar-refractivity contribution in [2.45, 2.75) is 25.7 Å². The standard InChI is InChI=1S/C22H22N6/c1-14-3-4-17(20-11-18(13-26-28-20)15-5-6-15)9-19(14)16-7-8-25-21(10-16)22(12-23)27-24-2/h3-4,7-13,15,23-24H,5-6H2,1-2H3/b23-12?,27-22+. The van der Waals surface area contributed by atoms with Crippen LogP contribution in [-0.2, 0) is 0 Å². The van der Waals surface area contributed by atoms with Crippen LogP contribution < -0.4 is 5.43 Å². The van der Waals surface area contributed by atoms with Gasteiger partial charge in [0.15, 0.2) is 0 Å². The van der Waals surface area contributed by atoms with Gasteiger partial charge in [0.1, 0.15) is 5.71 Å². The Labute approximate surface area is 164 Å². The molecule has 6 heteroatoms. The van der Waals surface area contributed by atoms with Gasteiger partial charge in [-0.25, -0.2) is 0 Å². The maximum absolute atomic E-state index is 7.57. The molecule has 1 aliphatic rings. The van der Waals surface area contributed by atoms with Crippen LogP contribution in [0.5, 0.6) is 0 Å². The lowest BCUT2D eigenvalue weighted by Gasteiger charge is -2.11. The second-order valence-electron chi connectivity index (χ2n) is 6.97. The lowest BCUT2D eigenvalue weighted by atomic mass is 9.96. The van der Waals surface area contributed by atoms with Crippen molar-refractivity contribution in [1.29, 1.82) is 5.41 Å². The Morgan fingerprint density at radius 3 is 2.79 bits per heavy atom. The van der Waals surface area contributed by atoms with Crippen molar-refractivity contribution in [1.82, 2.24) is 20.6 Å². The van der Waals surface area contributed by atoms with Gasteiger partial charge >= 0.3 is 0 Å². The molecule has 4 rings (SSSR count). The highest BCUT2D eigenvalue weighted by Crippen LogP contribution is 2.40. The molecule has 1 fully saturated rings. The number of benzene rings is 1. The SMILES string of the molecule is CN/N=C(\C=N)c1cc(-c2cc(-c3cc(C4CC4)cnn3)ccc2C)ccn1. The summed E-state index contributed by atoms with van der Waals surface area (Å²) >= 11 is 0. The van der Waals surface area contributed by atoms with Gasteiger partial charge in [0.05, 0.1) is 17.6 Å². The number of hydrogen-bond acceptors (Lipinski definition) is 6. The van der Waals surface area contributed by atoms with Gasteiger partial charge in [0.25, 0.3) is 0 Å². The molecule has 0 amide bonds. The van der Waals surface area contributed by atoms with Gasteiger partial charge in [-0.3, -0.25) is 4.98 Å². The molecule has 0 atom stereocenters. The molecule has 2 N–H and O–H groups in total. The average molecular weight is 370 g/mol. The van der Waals surface area contributed by atoms with Crippen molar-refractivity contribution in [3.63, 3.8) is 0 Å². The van der Waals surface area contributed by atoms with Crippen molar-refractivity contribution in [2.75, 3.05) is 7.05 Å². The monoisotopic (exact) mass is 370 g/mol. The summed E-state index contributed by atoms with van der Waals surface area (Å²) in [6.45, 7) is 2.09. The molecule has 0 spiro atoms. The van der Waals surface area contributed by atoms with Gasteiger partial charge in [0, 0.05) is 25.0 Å². The summed E-state index contributed by atoms with van der Waals surface area (Å²) in [5.74, 6) is 0.646. The first kappa shape index (κ1) is 18.0. The molecule has 0 bridgehead atoms. The summed E-state index contributed by atoms with van der Waals surface area (Å²) in [4.78, 5) is 4.36. The van der Waals surface area contributed by atoms with Crippen LogP contribution in [0.15, 0.2) is 53.9 Å².